The Hall–Kier alpha value is -3.71. The lowest BCUT2D eigenvalue weighted by atomic mass is 9.96. The van der Waals surface area contributed by atoms with E-state index in [1.165, 1.54) is 32.1 Å². The summed E-state index contributed by atoms with van der Waals surface area (Å²) in [5, 5.41) is 7.59. The zero-order valence-corrected chi connectivity index (χ0v) is 26.7. The van der Waals surface area contributed by atoms with Crippen LogP contribution < -0.4 is 10.6 Å². The van der Waals surface area contributed by atoms with Crippen molar-refractivity contribution in [2.24, 2.45) is 0 Å². The number of thiocarbonyl (C=S) groups is 1. The number of hydrogen-bond acceptors (Lipinski definition) is 4. The predicted octanol–water partition coefficient (Wildman–Crippen LogP) is 8.67. The zero-order chi connectivity index (χ0) is 30.4. The van der Waals surface area contributed by atoms with Crippen molar-refractivity contribution in [3.63, 3.8) is 0 Å². The molecule has 5 rings (SSSR count). The third kappa shape index (κ3) is 8.02. The average molecular weight is 597 g/mol. The summed E-state index contributed by atoms with van der Waals surface area (Å²) in [5.41, 5.74) is 5.79. The number of rotatable bonds is 9. The van der Waals surface area contributed by atoms with E-state index in [0.717, 1.165) is 58.5 Å². The summed E-state index contributed by atoms with van der Waals surface area (Å²) in [6.45, 7) is 8.49. The molecule has 226 valence electrons. The van der Waals surface area contributed by atoms with E-state index >= 15 is 0 Å². The van der Waals surface area contributed by atoms with Crippen LogP contribution in [0, 0.1) is 0 Å². The monoisotopic (exact) mass is 596 g/mol. The Morgan fingerprint density at radius 2 is 1.79 bits per heavy atom. The molecular weight excluding hydrogens is 552 g/mol. The van der Waals surface area contributed by atoms with Crippen molar-refractivity contribution in [3.05, 3.63) is 83.7 Å². The fourth-order valence-electron chi connectivity index (χ4n) is 5.80. The number of unbranched alkanes of at least 4 members (excludes halogenated alkanes) is 1. The SMILES string of the molecule is CCCCc1nc2ccc(NC(=S)NC3CCCCC3)cc2n1Cc1ccc(-c2ccccc2)c(C(=O)OC(C)(C)C)c1. The highest BCUT2D eigenvalue weighted by atomic mass is 32.1. The fourth-order valence-corrected chi connectivity index (χ4v) is 6.08. The first-order chi connectivity index (χ1) is 20.7. The summed E-state index contributed by atoms with van der Waals surface area (Å²) in [4.78, 5) is 18.5. The molecule has 1 aliphatic carbocycles. The molecule has 1 fully saturated rings. The van der Waals surface area contributed by atoms with Gasteiger partial charge in [0.15, 0.2) is 5.11 Å². The van der Waals surface area contributed by atoms with Crippen molar-refractivity contribution >= 4 is 40.0 Å². The number of nitrogens with zero attached hydrogens (tertiary/aromatic N) is 2. The second kappa shape index (κ2) is 13.7. The summed E-state index contributed by atoms with van der Waals surface area (Å²) in [5.74, 6) is 0.725. The minimum Gasteiger partial charge on any atom is -0.456 e. The maximum Gasteiger partial charge on any atom is 0.339 e. The molecule has 0 bridgehead atoms. The molecule has 0 atom stereocenters. The normalized spacial score (nSPS) is 14.0. The van der Waals surface area contributed by atoms with Crippen molar-refractivity contribution in [1.29, 1.82) is 0 Å². The van der Waals surface area contributed by atoms with Gasteiger partial charge in [-0.2, -0.15) is 0 Å². The van der Waals surface area contributed by atoms with E-state index in [0.29, 0.717) is 23.3 Å². The molecule has 0 amide bonds. The molecule has 43 heavy (non-hydrogen) atoms. The summed E-state index contributed by atoms with van der Waals surface area (Å²) >= 11 is 5.68. The molecule has 1 heterocycles. The molecule has 6 nitrogen and oxygen atoms in total. The minimum absolute atomic E-state index is 0.319. The molecule has 0 saturated heterocycles. The van der Waals surface area contributed by atoms with Crippen LogP contribution in [0.1, 0.15) is 94.4 Å². The van der Waals surface area contributed by atoms with Crippen molar-refractivity contribution in [3.8, 4) is 11.1 Å². The molecule has 0 radical (unpaired) electrons. The van der Waals surface area contributed by atoms with Crippen LogP contribution in [0.5, 0.6) is 0 Å². The molecule has 4 aromatic rings. The highest BCUT2D eigenvalue weighted by Crippen LogP contribution is 2.29. The number of esters is 1. The van der Waals surface area contributed by atoms with E-state index in [1.807, 2.05) is 69.3 Å². The maximum absolute atomic E-state index is 13.5. The van der Waals surface area contributed by atoms with E-state index < -0.39 is 5.60 Å². The van der Waals surface area contributed by atoms with Gasteiger partial charge in [0.25, 0.3) is 0 Å². The van der Waals surface area contributed by atoms with Crippen LogP contribution in [0.25, 0.3) is 22.2 Å². The first kappa shape index (κ1) is 30.7. The molecule has 0 spiro atoms. The van der Waals surface area contributed by atoms with Crippen LogP contribution >= 0.6 is 12.2 Å². The third-order valence-electron chi connectivity index (χ3n) is 7.91. The van der Waals surface area contributed by atoms with E-state index in [4.69, 9.17) is 21.9 Å². The molecule has 2 N–H and O–H groups in total. The molecule has 7 heteroatoms. The summed E-state index contributed by atoms with van der Waals surface area (Å²) in [6.07, 6.45) is 9.20. The number of imidazole rings is 1. The number of aromatic nitrogens is 2. The standard InChI is InChI=1S/C36H44N4O2S/c1-5-6-17-33-39-31-21-19-28(38-35(43)37-27-15-11-8-12-16-27)23-32(31)40(33)24-25-18-20-29(26-13-9-7-10-14-26)30(22-25)34(41)42-36(2,3)4/h7,9-10,13-14,18-23,27H,5-6,8,11-12,15-17,24H2,1-4H3,(H2,37,38,43). The van der Waals surface area contributed by atoms with Crippen LogP contribution in [-0.2, 0) is 17.7 Å². The zero-order valence-electron chi connectivity index (χ0n) is 25.9. The number of hydrogen-bond donors (Lipinski definition) is 2. The first-order valence-electron chi connectivity index (χ1n) is 15.7. The van der Waals surface area contributed by atoms with Crippen molar-refractivity contribution in [2.45, 2.75) is 97.2 Å². The Kier molecular flexibility index (Phi) is 9.81. The second-order valence-electron chi connectivity index (χ2n) is 12.6. The van der Waals surface area contributed by atoms with Crippen LogP contribution in [-0.4, -0.2) is 32.3 Å². The van der Waals surface area contributed by atoms with E-state index in [9.17, 15) is 4.79 Å². The molecule has 0 aliphatic heterocycles. The fraction of sp³-hybridized carbons (Fsp3) is 0.417. The van der Waals surface area contributed by atoms with Crippen LogP contribution in [0.2, 0.25) is 0 Å². The quantitative estimate of drug-likeness (QED) is 0.149. The number of nitrogens with one attached hydrogen (secondary N) is 2. The molecule has 0 unspecified atom stereocenters. The third-order valence-corrected chi connectivity index (χ3v) is 8.13. The minimum atomic E-state index is -0.593. The molecule has 1 aromatic heterocycles. The number of benzene rings is 3. The lowest BCUT2D eigenvalue weighted by molar-refractivity contribution is 0.00703. The summed E-state index contributed by atoms with van der Waals surface area (Å²) in [7, 11) is 0. The molecular formula is C36H44N4O2S. The second-order valence-corrected chi connectivity index (χ2v) is 13.0. The van der Waals surface area contributed by atoms with Gasteiger partial charge in [-0.1, -0.05) is 75.1 Å². The van der Waals surface area contributed by atoms with E-state index in [1.54, 1.807) is 0 Å². The van der Waals surface area contributed by atoms with Gasteiger partial charge in [-0.15, -0.1) is 0 Å². The number of anilines is 1. The van der Waals surface area contributed by atoms with Gasteiger partial charge < -0.3 is 19.9 Å². The van der Waals surface area contributed by atoms with Gasteiger partial charge in [0.05, 0.1) is 16.6 Å². The van der Waals surface area contributed by atoms with Gasteiger partial charge in [0, 0.05) is 24.7 Å². The van der Waals surface area contributed by atoms with Crippen LogP contribution in [0.4, 0.5) is 5.69 Å². The highest BCUT2D eigenvalue weighted by molar-refractivity contribution is 7.80. The molecule has 3 aromatic carbocycles. The average Bonchev–Trinajstić information content (AvgIpc) is 3.32. The maximum atomic E-state index is 13.5. The van der Waals surface area contributed by atoms with Gasteiger partial charge in [0.2, 0.25) is 0 Å². The lowest BCUT2D eigenvalue weighted by Crippen LogP contribution is -2.38. The van der Waals surface area contributed by atoms with Crippen molar-refractivity contribution < 1.29 is 9.53 Å². The largest absolute Gasteiger partial charge is 0.456 e. The Balaban J connectivity index is 1.47. The van der Waals surface area contributed by atoms with Crippen molar-refractivity contribution in [2.75, 3.05) is 5.32 Å². The van der Waals surface area contributed by atoms with E-state index in [-0.39, 0.29) is 5.97 Å². The summed E-state index contributed by atoms with van der Waals surface area (Å²) in [6, 6.07) is 22.8. The van der Waals surface area contributed by atoms with Crippen LogP contribution in [0.15, 0.2) is 66.7 Å². The van der Waals surface area contributed by atoms with Gasteiger partial charge in [-0.05, 0) is 93.2 Å². The number of aryl methyl sites for hydroxylation is 1. The Bertz CT molecular complexity index is 1570. The van der Waals surface area contributed by atoms with Gasteiger partial charge >= 0.3 is 5.97 Å². The topological polar surface area (TPSA) is 68.2 Å². The van der Waals surface area contributed by atoms with Crippen molar-refractivity contribution in [1.82, 2.24) is 14.9 Å². The molecule has 1 saturated carbocycles. The van der Waals surface area contributed by atoms with E-state index in [2.05, 4.69) is 40.3 Å². The van der Waals surface area contributed by atoms with Crippen LogP contribution in [0.3, 0.4) is 0 Å². The number of carbonyl (C=O) groups excluding carboxylic acids is 1. The summed E-state index contributed by atoms with van der Waals surface area (Å²) < 4.78 is 8.13. The molecule has 1 aliphatic rings. The Labute approximate surface area is 261 Å². The van der Waals surface area contributed by atoms with Gasteiger partial charge in [-0.25, -0.2) is 9.78 Å². The Morgan fingerprint density at radius 3 is 2.51 bits per heavy atom. The number of fused-ring (bicyclic) bond motifs is 1. The predicted molar refractivity (Wildman–Crippen MR) is 181 cm³/mol. The number of carbonyl (C=O) groups is 1. The first-order valence-corrected chi connectivity index (χ1v) is 16.1. The highest BCUT2D eigenvalue weighted by Gasteiger charge is 2.22. The number of ether oxygens (including phenoxy) is 1. The Morgan fingerprint density at radius 1 is 1.02 bits per heavy atom. The smallest absolute Gasteiger partial charge is 0.339 e. The van der Waals surface area contributed by atoms with Gasteiger partial charge in [0.1, 0.15) is 11.4 Å². The van der Waals surface area contributed by atoms with Gasteiger partial charge in [-0.3, -0.25) is 0 Å². The lowest BCUT2D eigenvalue weighted by Gasteiger charge is -2.24.